The van der Waals surface area contributed by atoms with Crippen LogP contribution in [0.3, 0.4) is 0 Å². The molecule has 0 unspecified atom stereocenters. The maximum atomic E-state index is 13.0. The predicted octanol–water partition coefficient (Wildman–Crippen LogP) is 5.78. The maximum Gasteiger partial charge on any atom is 0.268 e. The van der Waals surface area contributed by atoms with Crippen molar-refractivity contribution in [3.05, 3.63) is 89.2 Å². The fourth-order valence-electron chi connectivity index (χ4n) is 4.53. The zero-order valence-corrected chi connectivity index (χ0v) is 20.5. The summed E-state index contributed by atoms with van der Waals surface area (Å²) in [6.07, 6.45) is 5.42. The lowest BCUT2D eigenvalue weighted by molar-refractivity contribution is 0.0860. The first-order chi connectivity index (χ1) is 16.6. The minimum atomic E-state index is -0.182. The summed E-state index contributed by atoms with van der Waals surface area (Å²) < 4.78 is 0. The van der Waals surface area contributed by atoms with Crippen LogP contribution in [0.25, 0.3) is 22.2 Å². The van der Waals surface area contributed by atoms with Crippen LogP contribution < -0.4 is 10.6 Å². The summed E-state index contributed by atoms with van der Waals surface area (Å²) in [6, 6.07) is 20.2. The number of amides is 2. The lowest BCUT2D eigenvalue weighted by Crippen LogP contribution is -2.53. The molecule has 5 rings (SSSR count). The average Bonchev–Trinajstić information content (AvgIpc) is 3.29. The number of pyridine rings is 1. The molecule has 2 aromatic carbocycles. The molecule has 1 saturated carbocycles. The van der Waals surface area contributed by atoms with Gasteiger partial charge in [-0.1, -0.05) is 42.6 Å². The summed E-state index contributed by atoms with van der Waals surface area (Å²) in [4.78, 5) is 33.4. The number of benzene rings is 2. The molecule has 2 aromatic heterocycles. The van der Waals surface area contributed by atoms with E-state index in [0.29, 0.717) is 16.3 Å². The Morgan fingerprint density at radius 1 is 0.886 bits per heavy atom. The third-order valence-electron chi connectivity index (χ3n) is 6.33. The number of hydrogen-bond acceptors (Lipinski definition) is 3. The Bertz CT molecular complexity index is 1320. The van der Waals surface area contributed by atoms with Gasteiger partial charge in [0.25, 0.3) is 11.8 Å². The third-order valence-corrected chi connectivity index (χ3v) is 6.57. The maximum absolute atomic E-state index is 13.0. The fraction of sp³-hybridized carbons (Fsp3) is 0.222. The van der Waals surface area contributed by atoms with Gasteiger partial charge in [-0.05, 0) is 61.4 Å². The number of aromatic nitrogens is 2. The van der Waals surface area contributed by atoms with Gasteiger partial charge in [-0.2, -0.15) is 0 Å². The zero-order chi connectivity index (χ0) is 23.5. The molecule has 0 bridgehead atoms. The molecular weight excluding hydrogens is 483 g/mol. The molecule has 0 spiro atoms. The van der Waals surface area contributed by atoms with Crippen molar-refractivity contribution in [3.63, 3.8) is 0 Å². The van der Waals surface area contributed by atoms with Crippen molar-refractivity contribution in [3.8, 4) is 11.3 Å². The van der Waals surface area contributed by atoms with E-state index in [1.165, 1.54) is 0 Å². The number of H-pyrrole nitrogens is 1. The number of halogens is 2. The highest BCUT2D eigenvalue weighted by atomic mass is 35.5. The molecule has 6 nitrogen and oxygen atoms in total. The number of rotatable bonds is 5. The highest BCUT2D eigenvalue weighted by Gasteiger charge is 2.28. The largest absolute Gasteiger partial charge is 0.351 e. The number of hydrogen-bond donors (Lipinski definition) is 3. The fourth-order valence-corrected chi connectivity index (χ4v) is 4.71. The summed E-state index contributed by atoms with van der Waals surface area (Å²) in [5.74, 6) is -0.322. The van der Waals surface area contributed by atoms with Gasteiger partial charge in [0.05, 0.1) is 5.69 Å². The van der Waals surface area contributed by atoms with Crippen LogP contribution in [0.4, 0.5) is 0 Å². The van der Waals surface area contributed by atoms with Gasteiger partial charge in [-0.3, -0.25) is 14.6 Å². The van der Waals surface area contributed by atoms with Crippen LogP contribution in [0.2, 0.25) is 5.02 Å². The molecule has 4 aromatic rings. The Labute approximate surface area is 214 Å². The average molecular weight is 509 g/mol. The van der Waals surface area contributed by atoms with E-state index >= 15 is 0 Å². The first-order valence-corrected chi connectivity index (χ1v) is 11.9. The molecule has 1 aliphatic rings. The molecule has 2 atom stereocenters. The summed E-state index contributed by atoms with van der Waals surface area (Å²) in [6.45, 7) is 0. The third kappa shape index (κ3) is 5.66. The molecule has 2 amide bonds. The van der Waals surface area contributed by atoms with E-state index in [4.69, 9.17) is 11.6 Å². The molecule has 8 heteroatoms. The lowest BCUT2D eigenvalue weighted by Gasteiger charge is -2.32. The minimum absolute atomic E-state index is 0. The normalized spacial score (nSPS) is 17.4. The van der Waals surface area contributed by atoms with Gasteiger partial charge < -0.3 is 15.6 Å². The number of carbonyl (C=O) groups is 2. The number of aromatic amines is 1. The van der Waals surface area contributed by atoms with E-state index in [1.54, 1.807) is 18.3 Å². The van der Waals surface area contributed by atoms with Crippen LogP contribution in [0.15, 0.2) is 72.9 Å². The molecule has 180 valence electrons. The summed E-state index contributed by atoms with van der Waals surface area (Å²) in [5.41, 5.74) is 3.75. The van der Waals surface area contributed by atoms with E-state index in [-0.39, 0.29) is 36.3 Å². The highest BCUT2D eigenvalue weighted by molar-refractivity contribution is 6.31. The molecule has 1 fully saturated rings. The quantitative estimate of drug-likeness (QED) is 0.319. The van der Waals surface area contributed by atoms with E-state index in [2.05, 4.69) is 20.6 Å². The highest BCUT2D eigenvalue weighted by Crippen LogP contribution is 2.23. The van der Waals surface area contributed by atoms with Gasteiger partial charge in [0.15, 0.2) is 0 Å². The Morgan fingerprint density at radius 3 is 2.29 bits per heavy atom. The van der Waals surface area contributed by atoms with E-state index in [1.807, 2.05) is 54.6 Å². The number of fused-ring (bicyclic) bond motifs is 1. The monoisotopic (exact) mass is 508 g/mol. The summed E-state index contributed by atoms with van der Waals surface area (Å²) in [7, 11) is 0. The van der Waals surface area contributed by atoms with Crippen LogP contribution in [0, 0.1) is 0 Å². The van der Waals surface area contributed by atoms with Crippen LogP contribution >= 0.6 is 24.0 Å². The summed E-state index contributed by atoms with van der Waals surface area (Å²) in [5, 5.41) is 7.78. The van der Waals surface area contributed by atoms with Gasteiger partial charge in [0.2, 0.25) is 0 Å². The van der Waals surface area contributed by atoms with Crippen molar-refractivity contribution in [1.29, 1.82) is 0 Å². The molecule has 35 heavy (non-hydrogen) atoms. The first-order valence-electron chi connectivity index (χ1n) is 11.5. The molecule has 3 N–H and O–H groups in total. The Morgan fingerprint density at radius 2 is 1.60 bits per heavy atom. The van der Waals surface area contributed by atoms with Crippen LogP contribution in [0.5, 0.6) is 0 Å². The Kier molecular flexibility index (Phi) is 7.73. The second kappa shape index (κ2) is 10.9. The molecule has 1 aliphatic carbocycles. The Balaban J connectivity index is 0.00000289. The molecule has 0 saturated heterocycles. The number of nitrogens with one attached hydrogen (secondary N) is 3. The predicted molar refractivity (Wildman–Crippen MR) is 141 cm³/mol. The van der Waals surface area contributed by atoms with Gasteiger partial charge >= 0.3 is 0 Å². The lowest BCUT2D eigenvalue weighted by atomic mass is 9.90. The van der Waals surface area contributed by atoms with Crippen molar-refractivity contribution in [2.24, 2.45) is 0 Å². The van der Waals surface area contributed by atoms with E-state index in [0.717, 1.165) is 47.8 Å². The van der Waals surface area contributed by atoms with Crippen molar-refractivity contribution in [2.45, 2.75) is 37.8 Å². The molecule has 0 aliphatic heterocycles. The van der Waals surface area contributed by atoms with Gasteiger partial charge in [0.1, 0.15) is 5.69 Å². The smallest absolute Gasteiger partial charge is 0.268 e. The van der Waals surface area contributed by atoms with Crippen molar-refractivity contribution < 1.29 is 9.59 Å². The first kappa shape index (κ1) is 24.8. The second-order valence-corrected chi connectivity index (χ2v) is 9.09. The van der Waals surface area contributed by atoms with Crippen molar-refractivity contribution in [1.82, 2.24) is 20.6 Å². The molecule has 0 radical (unpaired) electrons. The topological polar surface area (TPSA) is 86.9 Å². The van der Waals surface area contributed by atoms with Crippen molar-refractivity contribution >= 4 is 46.7 Å². The van der Waals surface area contributed by atoms with Gasteiger partial charge in [-0.25, -0.2) is 0 Å². The number of carbonyl (C=O) groups excluding carboxylic acids is 2. The van der Waals surface area contributed by atoms with E-state index < -0.39 is 0 Å². The molecule has 2 heterocycles. The van der Waals surface area contributed by atoms with E-state index in [9.17, 15) is 9.59 Å². The SMILES string of the molecule is Cl.O=C(N[C@H]1CCCC[C@H]1NC(=O)c1cc2cc(Cl)ccc2[nH]1)c1ccc(-c2ccccn2)cc1. The van der Waals surface area contributed by atoms with Gasteiger partial charge in [-0.15, -0.1) is 12.4 Å². The number of nitrogens with zero attached hydrogens (tertiary/aromatic N) is 1. The summed E-state index contributed by atoms with van der Waals surface area (Å²) >= 11 is 6.06. The minimum Gasteiger partial charge on any atom is -0.351 e. The zero-order valence-electron chi connectivity index (χ0n) is 19.0. The van der Waals surface area contributed by atoms with Crippen molar-refractivity contribution in [2.75, 3.05) is 0 Å². The van der Waals surface area contributed by atoms with Gasteiger partial charge in [0, 0.05) is 45.3 Å². The Hall–Kier alpha value is -3.35. The molecular formula is C27H26Cl2N4O2. The van der Waals surface area contributed by atoms with Crippen LogP contribution in [-0.2, 0) is 0 Å². The van der Waals surface area contributed by atoms with Crippen LogP contribution in [0.1, 0.15) is 46.5 Å². The standard InChI is InChI=1S/C27H25ClN4O2.ClH/c28-20-12-13-22-19(15-20)16-25(30-22)27(34)32-24-7-2-1-6-23(24)31-26(33)18-10-8-17(9-11-18)21-5-3-4-14-29-21;/h3-5,8-16,23-24,30H,1-2,6-7H2,(H,31,33)(H,32,34);1H/t23-,24+;/m0./s1. The second-order valence-electron chi connectivity index (χ2n) is 8.65. The van der Waals surface area contributed by atoms with Crippen LogP contribution in [-0.4, -0.2) is 33.9 Å².